The van der Waals surface area contributed by atoms with Crippen LogP contribution in [0.5, 0.6) is 0 Å². The minimum atomic E-state index is -3.77. The van der Waals surface area contributed by atoms with Crippen LogP contribution in [0.25, 0.3) is 0 Å². The molecule has 0 saturated carbocycles. The number of aromatic amines is 1. The number of carbonyl (C=O) groups excluding carboxylic acids is 1. The van der Waals surface area contributed by atoms with E-state index < -0.39 is 15.7 Å². The molecule has 0 radical (unpaired) electrons. The third-order valence-electron chi connectivity index (χ3n) is 4.92. The standard InChI is InChI=1S/C17H27N5O5S/c1-28(25,26)27-22-10-5-6-13-16(22)14(19-20-17(13)24)12-15(23)18-7-11-21-8-3-2-4-9-21/h2-12H2,1H3,(H,18,23)(H,20,24). The van der Waals surface area contributed by atoms with Gasteiger partial charge in [-0.3, -0.25) is 9.59 Å². The molecule has 156 valence electrons. The number of rotatable bonds is 7. The summed E-state index contributed by atoms with van der Waals surface area (Å²) in [6.45, 7) is 3.75. The maximum atomic E-state index is 12.4. The fourth-order valence-corrected chi connectivity index (χ4v) is 4.15. The number of nitrogens with one attached hydrogen (secondary N) is 2. The lowest BCUT2D eigenvalue weighted by Gasteiger charge is -2.29. The molecule has 0 spiro atoms. The normalized spacial score (nSPS) is 18.0. The molecule has 0 bridgehead atoms. The van der Waals surface area contributed by atoms with Crippen molar-refractivity contribution in [3.8, 4) is 0 Å². The quantitative estimate of drug-likeness (QED) is 0.616. The largest absolute Gasteiger partial charge is 0.354 e. The Balaban J connectivity index is 1.68. The molecule has 1 fully saturated rings. The van der Waals surface area contributed by atoms with Crippen molar-refractivity contribution in [2.75, 3.05) is 44.0 Å². The summed E-state index contributed by atoms with van der Waals surface area (Å²) in [6, 6.07) is 0. The average Bonchev–Trinajstić information content (AvgIpc) is 2.64. The van der Waals surface area contributed by atoms with E-state index in [0.717, 1.165) is 31.0 Å². The SMILES string of the molecule is CS(=O)(=O)ON1CCCc2c1c(CC(=O)NCCN1CCCCC1)n[nH]c2=O. The van der Waals surface area contributed by atoms with Gasteiger partial charge < -0.3 is 10.2 Å². The van der Waals surface area contributed by atoms with Crippen molar-refractivity contribution < 1.29 is 17.5 Å². The number of nitrogens with zero attached hydrogens (tertiary/aromatic N) is 3. The van der Waals surface area contributed by atoms with Gasteiger partial charge in [0.05, 0.1) is 24.1 Å². The molecular formula is C17H27N5O5S. The highest BCUT2D eigenvalue weighted by Crippen LogP contribution is 2.28. The summed E-state index contributed by atoms with van der Waals surface area (Å²) in [5, 5.41) is 10.4. The van der Waals surface area contributed by atoms with Gasteiger partial charge >= 0.3 is 0 Å². The van der Waals surface area contributed by atoms with E-state index in [9.17, 15) is 18.0 Å². The van der Waals surface area contributed by atoms with E-state index >= 15 is 0 Å². The third kappa shape index (κ3) is 5.52. The molecule has 1 aromatic heterocycles. The molecule has 0 aromatic carbocycles. The fraction of sp³-hybridized carbons (Fsp3) is 0.706. The lowest BCUT2D eigenvalue weighted by molar-refractivity contribution is -0.120. The third-order valence-corrected chi connectivity index (χ3v) is 5.37. The topological polar surface area (TPSA) is 125 Å². The van der Waals surface area contributed by atoms with Gasteiger partial charge in [-0.25, -0.2) is 10.2 Å². The number of amides is 1. The fourth-order valence-electron chi connectivity index (χ4n) is 3.67. The van der Waals surface area contributed by atoms with Gasteiger partial charge in [0.2, 0.25) is 5.91 Å². The summed E-state index contributed by atoms with van der Waals surface area (Å²) >= 11 is 0. The molecule has 3 rings (SSSR count). The highest BCUT2D eigenvalue weighted by molar-refractivity contribution is 7.86. The Hall–Kier alpha value is -1.98. The minimum absolute atomic E-state index is 0.0667. The van der Waals surface area contributed by atoms with Crippen molar-refractivity contribution in [1.29, 1.82) is 0 Å². The number of aromatic nitrogens is 2. The average molecular weight is 414 g/mol. The van der Waals surface area contributed by atoms with Crippen LogP contribution < -0.4 is 15.9 Å². The molecule has 2 aliphatic heterocycles. The second-order valence-corrected chi connectivity index (χ2v) is 8.80. The Kier molecular flexibility index (Phi) is 6.68. The Bertz CT molecular complexity index is 863. The van der Waals surface area contributed by atoms with Crippen molar-refractivity contribution in [2.24, 2.45) is 0 Å². The van der Waals surface area contributed by atoms with Crippen molar-refractivity contribution in [3.63, 3.8) is 0 Å². The lowest BCUT2D eigenvalue weighted by Crippen LogP contribution is -2.39. The zero-order valence-electron chi connectivity index (χ0n) is 16.1. The van der Waals surface area contributed by atoms with Crippen LogP contribution in [-0.2, 0) is 32.0 Å². The van der Waals surface area contributed by atoms with Crippen LogP contribution >= 0.6 is 0 Å². The predicted molar refractivity (Wildman–Crippen MR) is 103 cm³/mol. The van der Waals surface area contributed by atoms with Crippen LogP contribution in [-0.4, -0.2) is 68.4 Å². The van der Waals surface area contributed by atoms with Crippen LogP contribution in [0, 0.1) is 0 Å². The number of hydrogen-bond acceptors (Lipinski definition) is 8. The molecule has 0 atom stereocenters. The highest BCUT2D eigenvalue weighted by atomic mass is 32.2. The Morgan fingerprint density at radius 1 is 1.21 bits per heavy atom. The second kappa shape index (κ2) is 9.01. The van der Waals surface area contributed by atoms with E-state index in [-0.39, 0.29) is 18.0 Å². The molecule has 10 nitrogen and oxygen atoms in total. The summed E-state index contributed by atoms with van der Waals surface area (Å²) in [5.74, 6) is -0.233. The highest BCUT2D eigenvalue weighted by Gasteiger charge is 2.28. The van der Waals surface area contributed by atoms with E-state index in [1.807, 2.05) is 0 Å². The van der Waals surface area contributed by atoms with Crippen molar-refractivity contribution >= 4 is 21.7 Å². The minimum Gasteiger partial charge on any atom is -0.354 e. The van der Waals surface area contributed by atoms with E-state index in [1.54, 1.807) is 0 Å². The van der Waals surface area contributed by atoms with Gasteiger partial charge in [-0.15, -0.1) is 4.28 Å². The monoisotopic (exact) mass is 413 g/mol. The molecular weight excluding hydrogens is 386 g/mol. The smallest absolute Gasteiger partial charge is 0.285 e. The van der Waals surface area contributed by atoms with Gasteiger partial charge in [-0.05, 0) is 38.8 Å². The Morgan fingerprint density at radius 2 is 1.96 bits per heavy atom. The second-order valence-electron chi connectivity index (χ2n) is 7.24. The van der Waals surface area contributed by atoms with Crippen molar-refractivity contribution in [3.05, 3.63) is 21.6 Å². The van der Waals surface area contributed by atoms with Crippen molar-refractivity contribution in [1.82, 2.24) is 20.4 Å². The maximum Gasteiger partial charge on any atom is 0.285 e. The molecule has 2 aliphatic rings. The maximum absolute atomic E-state index is 12.4. The number of H-pyrrole nitrogens is 1. The molecule has 2 N–H and O–H groups in total. The number of fused-ring (bicyclic) bond motifs is 1. The molecule has 28 heavy (non-hydrogen) atoms. The molecule has 11 heteroatoms. The summed E-state index contributed by atoms with van der Waals surface area (Å²) in [7, 11) is -3.77. The number of hydrogen-bond donors (Lipinski definition) is 2. The summed E-state index contributed by atoms with van der Waals surface area (Å²) in [6.07, 6.45) is 5.56. The molecule has 0 aliphatic carbocycles. The van der Waals surface area contributed by atoms with Crippen LogP contribution in [0.1, 0.15) is 36.9 Å². The van der Waals surface area contributed by atoms with Gasteiger partial charge in [0.25, 0.3) is 15.7 Å². The molecule has 1 amide bonds. The van der Waals surface area contributed by atoms with Gasteiger partial charge in [-0.1, -0.05) is 6.42 Å². The van der Waals surface area contributed by atoms with Crippen LogP contribution in [0.2, 0.25) is 0 Å². The number of carbonyl (C=O) groups is 1. The first-order chi connectivity index (χ1) is 13.3. The number of hydroxylamine groups is 1. The zero-order valence-corrected chi connectivity index (χ0v) is 16.9. The van der Waals surface area contributed by atoms with Crippen LogP contribution in [0.15, 0.2) is 4.79 Å². The zero-order chi connectivity index (χ0) is 20.1. The summed E-state index contributed by atoms with van der Waals surface area (Å²) < 4.78 is 28.1. The summed E-state index contributed by atoms with van der Waals surface area (Å²) in [5.41, 5.74) is 0.576. The van der Waals surface area contributed by atoms with Gasteiger partial charge in [0.15, 0.2) is 0 Å². The number of anilines is 1. The molecule has 1 saturated heterocycles. The van der Waals surface area contributed by atoms with E-state index in [2.05, 4.69) is 20.4 Å². The van der Waals surface area contributed by atoms with Crippen LogP contribution in [0.4, 0.5) is 5.69 Å². The first-order valence-corrected chi connectivity index (χ1v) is 11.4. The lowest BCUT2D eigenvalue weighted by atomic mass is 10.0. The summed E-state index contributed by atoms with van der Waals surface area (Å²) in [4.78, 5) is 26.8. The van der Waals surface area contributed by atoms with E-state index in [0.29, 0.717) is 37.2 Å². The first-order valence-electron chi connectivity index (χ1n) is 9.60. The van der Waals surface area contributed by atoms with Gasteiger partial charge in [-0.2, -0.15) is 13.5 Å². The van der Waals surface area contributed by atoms with Crippen LogP contribution in [0.3, 0.4) is 0 Å². The van der Waals surface area contributed by atoms with E-state index in [1.165, 1.54) is 19.3 Å². The first kappa shape index (κ1) is 20.7. The number of likely N-dealkylation sites (tertiary alicyclic amines) is 1. The Morgan fingerprint density at radius 3 is 2.68 bits per heavy atom. The molecule has 3 heterocycles. The number of piperidine rings is 1. The Labute approximate surface area is 164 Å². The molecule has 0 unspecified atom stereocenters. The molecule has 1 aromatic rings. The predicted octanol–water partition coefficient (Wildman–Crippen LogP) is -0.442. The van der Waals surface area contributed by atoms with Crippen molar-refractivity contribution in [2.45, 2.75) is 38.5 Å². The van der Waals surface area contributed by atoms with E-state index in [4.69, 9.17) is 4.28 Å². The van der Waals surface area contributed by atoms with Gasteiger partial charge in [0, 0.05) is 25.2 Å². The van der Waals surface area contributed by atoms with Gasteiger partial charge in [0.1, 0.15) is 0 Å².